The summed E-state index contributed by atoms with van der Waals surface area (Å²) >= 11 is 0. The zero-order chi connectivity index (χ0) is 10.5. The van der Waals surface area contributed by atoms with E-state index >= 15 is 0 Å². The monoisotopic (exact) mass is 217 g/mol. The van der Waals surface area contributed by atoms with Gasteiger partial charge in [-0.15, -0.1) is 0 Å². The lowest BCUT2D eigenvalue weighted by Crippen LogP contribution is -2.22. The van der Waals surface area contributed by atoms with Gasteiger partial charge in [-0.3, -0.25) is 0 Å². The summed E-state index contributed by atoms with van der Waals surface area (Å²) in [6.45, 7) is 1.05. The van der Waals surface area contributed by atoms with Gasteiger partial charge in [-0.05, 0) is 30.5 Å². The molecule has 0 spiro atoms. The van der Waals surface area contributed by atoms with Gasteiger partial charge >= 0.3 is 0 Å². The summed E-state index contributed by atoms with van der Waals surface area (Å²) in [5.41, 5.74) is 3.56. The van der Waals surface area contributed by atoms with Crippen molar-refractivity contribution in [3.8, 4) is 11.5 Å². The van der Waals surface area contributed by atoms with Gasteiger partial charge in [-0.25, -0.2) is 0 Å². The summed E-state index contributed by atoms with van der Waals surface area (Å²) < 4.78 is 10.8. The van der Waals surface area contributed by atoms with Crippen molar-refractivity contribution in [2.24, 2.45) is 11.1 Å². The second-order valence-corrected chi connectivity index (χ2v) is 4.37. The second-order valence-electron chi connectivity index (χ2n) is 4.37. The van der Waals surface area contributed by atoms with Gasteiger partial charge in [0.05, 0.1) is 5.71 Å². The highest BCUT2D eigenvalue weighted by molar-refractivity contribution is 6.05. The Labute approximate surface area is 92.8 Å². The standard InChI is InChI=1S/C12H11NO3/c1-2-8-5-16-13-12(8)9-4-11-10(3-7(1)9)14-6-15-11/h3-4,8H,1-2,5-6H2. The summed E-state index contributed by atoms with van der Waals surface area (Å²) in [6.07, 6.45) is 2.19. The van der Waals surface area contributed by atoms with Crippen LogP contribution >= 0.6 is 0 Å². The van der Waals surface area contributed by atoms with E-state index in [1.54, 1.807) is 0 Å². The van der Waals surface area contributed by atoms with Crippen LogP contribution in [-0.2, 0) is 11.3 Å². The maximum Gasteiger partial charge on any atom is 0.231 e. The van der Waals surface area contributed by atoms with Crippen LogP contribution in [0.3, 0.4) is 0 Å². The lowest BCUT2D eigenvalue weighted by atomic mass is 9.83. The molecule has 2 aliphatic heterocycles. The molecule has 0 saturated carbocycles. The van der Waals surface area contributed by atoms with Gasteiger partial charge in [0.2, 0.25) is 6.79 Å². The number of hydrogen-bond donors (Lipinski definition) is 0. The predicted octanol–water partition coefficient (Wildman–Crippen LogP) is 1.71. The molecule has 0 N–H and O–H groups in total. The van der Waals surface area contributed by atoms with Gasteiger partial charge < -0.3 is 14.3 Å². The van der Waals surface area contributed by atoms with Gasteiger partial charge in [0, 0.05) is 11.5 Å². The molecule has 0 amide bonds. The largest absolute Gasteiger partial charge is 0.454 e. The Kier molecular flexibility index (Phi) is 1.53. The van der Waals surface area contributed by atoms with E-state index < -0.39 is 0 Å². The molecule has 1 aromatic rings. The number of fused-ring (bicyclic) bond motifs is 4. The van der Waals surface area contributed by atoms with Gasteiger partial charge in [0.25, 0.3) is 0 Å². The van der Waals surface area contributed by atoms with E-state index in [9.17, 15) is 0 Å². The summed E-state index contributed by atoms with van der Waals surface area (Å²) in [5.74, 6) is 2.15. The molecule has 2 heterocycles. The molecule has 1 aliphatic carbocycles. The number of hydrogen-bond acceptors (Lipinski definition) is 4. The Morgan fingerprint density at radius 1 is 1.19 bits per heavy atom. The van der Waals surface area contributed by atoms with Gasteiger partial charge in [0.15, 0.2) is 11.5 Å². The Morgan fingerprint density at radius 2 is 2.06 bits per heavy atom. The zero-order valence-corrected chi connectivity index (χ0v) is 8.73. The van der Waals surface area contributed by atoms with Crippen LogP contribution < -0.4 is 9.47 Å². The highest BCUT2D eigenvalue weighted by atomic mass is 16.7. The first kappa shape index (κ1) is 8.44. The Balaban J connectivity index is 1.90. The molecule has 82 valence electrons. The Morgan fingerprint density at radius 3 is 3.00 bits per heavy atom. The highest BCUT2D eigenvalue weighted by Gasteiger charge is 2.32. The molecule has 0 bridgehead atoms. The first-order chi connectivity index (χ1) is 7.92. The van der Waals surface area contributed by atoms with Crippen molar-refractivity contribution < 1.29 is 14.3 Å². The van der Waals surface area contributed by atoms with E-state index in [1.165, 1.54) is 11.1 Å². The molecule has 0 aromatic heterocycles. The topological polar surface area (TPSA) is 40.0 Å². The molecule has 0 fully saturated rings. The molecule has 0 saturated heterocycles. The van der Waals surface area contributed by atoms with Crippen molar-refractivity contribution in [2.45, 2.75) is 12.8 Å². The fourth-order valence-corrected chi connectivity index (χ4v) is 2.60. The Hall–Kier alpha value is -1.71. The van der Waals surface area contributed by atoms with Crippen molar-refractivity contribution in [3.63, 3.8) is 0 Å². The highest BCUT2D eigenvalue weighted by Crippen LogP contribution is 2.39. The zero-order valence-electron chi connectivity index (χ0n) is 8.73. The van der Waals surface area contributed by atoms with Crippen molar-refractivity contribution in [3.05, 3.63) is 23.3 Å². The summed E-state index contributed by atoms with van der Waals surface area (Å²) in [6, 6.07) is 4.12. The van der Waals surface area contributed by atoms with E-state index in [0.717, 1.165) is 36.7 Å². The van der Waals surface area contributed by atoms with Gasteiger partial charge in [-0.2, -0.15) is 0 Å². The van der Waals surface area contributed by atoms with Crippen LogP contribution in [0.2, 0.25) is 0 Å². The average Bonchev–Trinajstić information content (AvgIpc) is 2.94. The quantitative estimate of drug-likeness (QED) is 0.664. The second kappa shape index (κ2) is 2.90. The summed E-state index contributed by atoms with van der Waals surface area (Å²) in [4.78, 5) is 5.18. The van der Waals surface area contributed by atoms with Crippen LogP contribution in [0, 0.1) is 5.92 Å². The van der Waals surface area contributed by atoms with Crippen molar-refractivity contribution in [1.29, 1.82) is 0 Å². The third kappa shape index (κ3) is 1.01. The minimum absolute atomic E-state index is 0.324. The number of ether oxygens (including phenoxy) is 2. The van der Waals surface area contributed by atoms with E-state index in [4.69, 9.17) is 14.3 Å². The van der Waals surface area contributed by atoms with Gasteiger partial charge in [0.1, 0.15) is 6.61 Å². The molecular formula is C12H11NO3. The maximum absolute atomic E-state index is 5.39. The number of aryl methyl sites for hydroxylation is 1. The molecule has 1 aromatic carbocycles. The lowest BCUT2D eigenvalue weighted by molar-refractivity contribution is 0.153. The van der Waals surface area contributed by atoms with Crippen molar-refractivity contribution >= 4 is 5.71 Å². The van der Waals surface area contributed by atoms with Crippen molar-refractivity contribution in [2.75, 3.05) is 13.4 Å². The lowest BCUT2D eigenvalue weighted by Gasteiger charge is -2.20. The van der Waals surface area contributed by atoms with E-state index in [0.29, 0.717) is 12.7 Å². The van der Waals surface area contributed by atoms with E-state index in [-0.39, 0.29) is 0 Å². The molecular weight excluding hydrogens is 206 g/mol. The summed E-state index contributed by atoms with van der Waals surface area (Å²) in [7, 11) is 0. The smallest absolute Gasteiger partial charge is 0.231 e. The molecule has 1 unspecified atom stereocenters. The first-order valence-electron chi connectivity index (χ1n) is 5.54. The fraction of sp³-hybridized carbons (Fsp3) is 0.417. The van der Waals surface area contributed by atoms with E-state index in [1.807, 2.05) is 6.07 Å². The minimum Gasteiger partial charge on any atom is -0.454 e. The van der Waals surface area contributed by atoms with Crippen LogP contribution in [-0.4, -0.2) is 19.1 Å². The molecule has 4 heteroatoms. The predicted molar refractivity (Wildman–Crippen MR) is 56.9 cm³/mol. The van der Waals surface area contributed by atoms with Crippen LogP contribution in [0.15, 0.2) is 17.3 Å². The van der Waals surface area contributed by atoms with Gasteiger partial charge in [-0.1, -0.05) is 5.16 Å². The average molecular weight is 217 g/mol. The Bertz CT molecular complexity index is 495. The van der Waals surface area contributed by atoms with Crippen LogP contribution in [0.1, 0.15) is 17.5 Å². The third-order valence-corrected chi connectivity index (χ3v) is 3.46. The fourth-order valence-electron chi connectivity index (χ4n) is 2.60. The first-order valence-corrected chi connectivity index (χ1v) is 5.54. The number of nitrogens with zero attached hydrogens (tertiary/aromatic N) is 1. The summed E-state index contributed by atoms with van der Waals surface area (Å²) in [5, 5.41) is 4.14. The number of rotatable bonds is 0. The van der Waals surface area contributed by atoms with Crippen molar-refractivity contribution in [1.82, 2.24) is 0 Å². The minimum atomic E-state index is 0.324. The van der Waals surface area contributed by atoms with Crippen LogP contribution in [0.4, 0.5) is 0 Å². The molecule has 4 nitrogen and oxygen atoms in total. The third-order valence-electron chi connectivity index (χ3n) is 3.46. The number of oxime groups is 1. The molecule has 4 rings (SSSR count). The molecule has 16 heavy (non-hydrogen) atoms. The van der Waals surface area contributed by atoms with Crippen LogP contribution in [0.5, 0.6) is 11.5 Å². The molecule has 3 aliphatic rings. The molecule has 1 atom stereocenters. The number of benzene rings is 1. The molecule has 0 radical (unpaired) electrons. The van der Waals surface area contributed by atoms with Crippen LogP contribution in [0.25, 0.3) is 0 Å². The normalized spacial score (nSPS) is 24.5. The SMILES string of the molecule is c1c2c(cc3c1OCO3)C1=NOCC1CC2. The van der Waals surface area contributed by atoms with E-state index in [2.05, 4.69) is 11.2 Å². The maximum atomic E-state index is 5.39.